The number of hydrogen-bond donors (Lipinski definition) is 0. The van der Waals surface area contributed by atoms with Gasteiger partial charge in [0.1, 0.15) is 5.75 Å². The molecule has 0 aromatic heterocycles. The molecule has 1 saturated heterocycles. The molecule has 0 unspecified atom stereocenters. The number of ether oxygens (including phenoxy) is 1. The largest absolute Gasteiger partial charge is 0.497 e. The van der Waals surface area contributed by atoms with E-state index in [0.717, 1.165) is 12.8 Å². The number of carbonyl (C=O) groups is 2. The van der Waals surface area contributed by atoms with Crippen LogP contribution in [-0.2, 0) is 9.59 Å². The first-order valence-corrected chi connectivity index (χ1v) is 7.41. The Labute approximate surface area is 123 Å². The lowest BCUT2D eigenvalue weighted by molar-refractivity contribution is -0.124. The highest BCUT2D eigenvalue weighted by atomic mass is 16.5. The van der Waals surface area contributed by atoms with Crippen molar-refractivity contribution in [3.05, 3.63) is 36.4 Å². The highest BCUT2D eigenvalue weighted by Crippen LogP contribution is 2.50. The second kappa shape index (κ2) is 4.45. The first-order chi connectivity index (χ1) is 10.2. The van der Waals surface area contributed by atoms with Gasteiger partial charge >= 0.3 is 0 Å². The fraction of sp³-hybridized carbons (Fsp3) is 0.412. The number of amides is 2. The van der Waals surface area contributed by atoms with Gasteiger partial charge in [0.25, 0.3) is 0 Å². The molecule has 1 saturated carbocycles. The van der Waals surface area contributed by atoms with Gasteiger partial charge in [-0.3, -0.25) is 9.59 Å². The number of anilines is 1. The van der Waals surface area contributed by atoms with Gasteiger partial charge in [-0.1, -0.05) is 18.2 Å². The Morgan fingerprint density at radius 2 is 1.67 bits per heavy atom. The quantitative estimate of drug-likeness (QED) is 0.618. The zero-order valence-electron chi connectivity index (χ0n) is 11.9. The first kappa shape index (κ1) is 12.6. The minimum atomic E-state index is -0.160. The molecule has 108 valence electrons. The lowest BCUT2D eigenvalue weighted by Crippen LogP contribution is -2.38. The van der Waals surface area contributed by atoms with E-state index < -0.39 is 0 Å². The van der Waals surface area contributed by atoms with Gasteiger partial charge in [0, 0.05) is 6.07 Å². The van der Waals surface area contributed by atoms with Crippen molar-refractivity contribution in [3.63, 3.8) is 0 Å². The molecule has 2 fully saturated rings. The molecule has 4 nitrogen and oxygen atoms in total. The van der Waals surface area contributed by atoms with Crippen molar-refractivity contribution in [1.29, 1.82) is 0 Å². The van der Waals surface area contributed by atoms with Crippen LogP contribution in [0.3, 0.4) is 0 Å². The van der Waals surface area contributed by atoms with Crippen LogP contribution < -0.4 is 9.64 Å². The molecular formula is C17H17NO3. The van der Waals surface area contributed by atoms with Crippen LogP contribution in [0.15, 0.2) is 36.4 Å². The third kappa shape index (κ3) is 1.68. The second-order valence-electron chi connectivity index (χ2n) is 6.05. The minimum absolute atomic E-state index is 0.0442. The molecular weight excluding hydrogens is 266 g/mol. The summed E-state index contributed by atoms with van der Waals surface area (Å²) in [5, 5.41) is 0. The van der Waals surface area contributed by atoms with Crippen molar-refractivity contribution < 1.29 is 14.3 Å². The average Bonchev–Trinajstić information content (AvgIpc) is 2.82. The minimum Gasteiger partial charge on any atom is -0.497 e. The van der Waals surface area contributed by atoms with Crippen molar-refractivity contribution in [2.24, 2.45) is 23.7 Å². The van der Waals surface area contributed by atoms with E-state index in [1.807, 2.05) is 12.1 Å². The molecule has 1 aromatic carbocycles. The van der Waals surface area contributed by atoms with E-state index in [0.29, 0.717) is 11.4 Å². The van der Waals surface area contributed by atoms with E-state index >= 15 is 0 Å². The van der Waals surface area contributed by atoms with Gasteiger partial charge in [-0.15, -0.1) is 0 Å². The van der Waals surface area contributed by atoms with Crippen LogP contribution in [0, 0.1) is 23.7 Å². The van der Waals surface area contributed by atoms with Crippen LogP contribution in [0.4, 0.5) is 5.69 Å². The molecule has 0 spiro atoms. The summed E-state index contributed by atoms with van der Waals surface area (Å²) in [5.41, 5.74) is 0.623. The fourth-order valence-corrected chi connectivity index (χ4v) is 4.08. The molecule has 4 aliphatic rings. The molecule has 1 aliphatic heterocycles. The number of allylic oxidation sites excluding steroid dienone is 2. The van der Waals surface area contributed by atoms with Gasteiger partial charge in [-0.2, -0.15) is 0 Å². The van der Waals surface area contributed by atoms with Gasteiger partial charge in [0.15, 0.2) is 0 Å². The average molecular weight is 283 g/mol. The lowest BCUT2D eigenvalue weighted by Gasteiger charge is -2.38. The van der Waals surface area contributed by atoms with Gasteiger partial charge < -0.3 is 4.74 Å². The molecule has 2 bridgehead atoms. The third-order valence-electron chi connectivity index (χ3n) is 5.07. The summed E-state index contributed by atoms with van der Waals surface area (Å²) in [6.45, 7) is 0. The predicted molar refractivity (Wildman–Crippen MR) is 77.8 cm³/mol. The second-order valence-corrected chi connectivity index (χ2v) is 6.05. The van der Waals surface area contributed by atoms with Gasteiger partial charge in [0.2, 0.25) is 11.8 Å². The zero-order valence-corrected chi connectivity index (χ0v) is 11.9. The Balaban J connectivity index is 1.75. The molecule has 1 heterocycles. The molecule has 1 aromatic rings. The fourth-order valence-electron chi connectivity index (χ4n) is 4.08. The van der Waals surface area contributed by atoms with Crippen molar-refractivity contribution >= 4 is 17.5 Å². The van der Waals surface area contributed by atoms with Crippen LogP contribution in [0.1, 0.15) is 12.8 Å². The number of nitrogens with zero attached hydrogens (tertiary/aromatic N) is 1. The summed E-state index contributed by atoms with van der Waals surface area (Å²) in [6.07, 6.45) is 6.31. The Morgan fingerprint density at radius 1 is 1.05 bits per heavy atom. The van der Waals surface area contributed by atoms with Crippen LogP contribution in [0.25, 0.3) is 0 Å². The number of benzene rings is 1. The number of imide groups is 1. The van der Waals surface area contributed by atoms with E-state index in [4.69, 9.17) is 4.74 Å². The maximum Gasteiger partial charge on any atom is 0.238 e. The number of rotatable bonds is 2. The van der Waals surface area contributed by atoms with E-state index in [9.17, 15) is 9.59 Å². The topological polar surface area (TPSA) is 46.6 Å². The maximum atomic E-state index is 12.8. The summed E-state index contributed by atoms with van der Waals surface area (Å²) in [5.74, 6) is 0.706. The maximum absolute atomic E-state index is 12.8. The van der Waals surface area contributed by atoms with Crippen molar-refractivity contribution in [3.8, 4) is 5.75 Å². The molecule has 4 heteroatoms. The van der Waals surface area contributed by atoms with E-state index in [-0.39, 0.29) is 35.5 Å². The molecule has 5 rings (SSSR count). The molecule has 0 N–H and O–H groups in total. The lowest BCUT2D eigenvalue weighted by atomic mass is 9.63. The van der Waals surface area contributed by atoms with Gasteiger partial charge in [0.05, 0.1) is 24.6 Å². The molecule has 3 aliphatic carbocycles. The summed E-state index contributed by atoms with van der Waals surface area (Å²) in [4.78, 5) is 26.9. The molecule has 4 atom stereocenters. The van der Waals surface area contributed by atoms with Crippen LogP contribution >= 0.6 is 0 Å². The van der Waals surface area contributed by atoms with E-state index in [2.05, 4.69) is 12.2 Å². The summed E-state index contributed by atoms with van der Waals surface area (Å²) in [7, 11) is 1.58. The van der Waals surface area contributed by atoms with Crippen molar-refractivity contribution in [2.75, 3.05) is 12.0 Å². The number of carbonyl (C=O) groups excluding carboxylic acids is 2. The Bertz CT molecular complexity index is 619. The Kier molecular flexibility index (Phi) is 2.67. The van der Waals surface area contributed by atoms with Gasteiger partial charge in [-0.25, -0.2) is 4.90 Å². The summed E-state index contributed by atoms with van der Waals surface area (Å²) < 4.78 is 5.20. The monoisotopic (exact) mass is 283 g/mol. The number of fused-ring (bicyclic) bond motifs is 1. The number of methoxy groups -OCH3 is 1. The first-order valence-electron chi connectivity index (χ1n) is 7.41. The predicted octanol–water partition coefficient (Wildman–Crippen LogP) is 2.40. The van der Waals surface area contributed by atoms with E-state index in [1.54, 1.807) is 19.2 Å². The van der Waals surface area contributed by atoms with Gasteiger partial charge in [-0.05, 0) is 36.8 Å². The SMILES string of the molecule is COc1cccc(N2C(=O)[C@@H]3[C@@H](C2=O)[C@H]2C=C[C@H]3CC2)c1. The van der Waals surface area contributed by atoms with E-state index in [1.165, 1.54) is 4.90 Å². The highest BCUT2D eigenvalue weighted by molar-refractivity contribution is 6.22. The van der Waals surface area contributed by atoms with Crippen LogP contribution in [0.5, 0.6) is 5.75 Å². The van der Waals surface area contributed by atoms with Crippen molar-refractivity contribution in [2.45, 2.75) is 12.8 Å². The molecule has 2 amide bonds. The third-order valence-corrected chi connectivity index (χ3v) is 5.07. The summed E-state index contributed by atoms with van der Waals surface area (Å²) >= 11 is 0. The Hall–Kier alpha value is -2.10. The zero-order chi connectivity index (χ0) is 14.6. The standard InChI is InChI=1S/C17H17NO3/c1-21-13-4-2-3-12(9-13)18-16(19)14-10-5-6-11(8-7-10)15(14)17(18)20/h2-6,9-11,14-15H,7-8H2,1H3/t10-,11-,14-,15-/m0/s1. The smallest absolute Gasteiger partial charge is 0.238 e. The highest BCUT2D eigenvalue weighted by Gasteiger charge is 2.56. The normalized spacial score (nSPS) is 33.5. The summed E-state index contributed by atoms with van der Waals surface area (Å²) in [6, 6.07) is 7.17. The molecule has 0 radical (unpaired) electrons. The van der Waals surface area contributed by atoms with Crippen molar-refractivity contribution in [1.82, 2.24) is 0 Å². The van der Waals surface area contributed by atoms with Crippen LogP contribution in [0.2, 0.25) is 0 Å². The van der Waals surface area contributed by atoms with Crippen LogP contribution in [-0.4, -0.2) is 18.9 Å². The number of hydrogen-bond acceptors (Lipinski definition) is 3. The Morgan fingerprint density at radius 3 is 2.19 bits per heavy atom. The molecule has 21 heavy (non-hydrogen) atoms.